The first-order chi connectivity index (χ1) is 8.24. The second-order valence-electron chi connectivity index (χ2n) is 4.53. The fraction of sp³-hybridized carbons (Fsp3) is 0.538. The van der Waals surface area contributed by atoms with Crippen molar-refractivity contribution < 1.29 is 9.53 Å². The number of pyridine rings is 1. The molecule has 1 aliphatic heterocycles. The maximum atomic E-state index is 11.8. The van der Waals surface area contributed by atoms with E-state index < -0.39 is 0 Å². The molecule has 0 aliphatic carbocycles. The van der Waals surface area contributed by atoms with Gasteiger partial charge in [-0.1, -0.05) is 0 Å². The molecule has 92 valence electrons. The van der Waals surface area contributed by atoms with Crippen LogP contribution in [0.1, 0.15) is 24.8 Å². The summed E-state index contributed by atoms with van der Waals surface area (Å²) in [5.74, 6) is 1.14. The first kappa shape index (κ1) is 12.0. The van der Waals surface area contributed by atoms with Crippen LogP contribution < -0.4 is 5.32 Å². The number of hydrogen-bond acceptors (Lipinski definition) is 3. The van der Waals surface area contributed by atoms with Gasteiger partial charge in [-0.05, 0) is 43.4 Å². The number of anilines is 1. The maximum Gasteiger partial charge on any atom is 0.225 e. The van der Waals surface area contributed by atoms with Crippen molar-refractivity contribution in [2.24, 2.45) is 5.92 Å². The molecular weight excluding hydrogens is 216 g/mol. The smallest absolute Gasteiger partial charge is 0.225 e. The van der Waals surface area contributed by atoms with Crippen LogP contribution in [0.4, 0.5) is 5.82 Å². The van der Waals surface area contributed by atoms with E-state index in [4.69, 9.17) is 4.74 Å². The number of aryl methyl sites for hydroxylation is 1. The summed E-state index contributed by atoms with van der Waals surface area (Å²) in [6, 6.07) is 3.79. The molecular formula is C13H18N2O2. The maximum absolute atomic E-state index is 11.8. The van der Waals surface area contributed by atoms with Crippen molar-refractivity contribution in [2.45, 2.75) is 26.2 Å². The topological polar surface area (TPSA) is 51.2 Å². The SMILES string of the molecule is Cc1ccnc(NC(=O)CC2CCOCC2)c1. The zero-order valence-corrected chi connectivity index (χ0v) is 10.1. The Morgan fingerprint density at radius 1 is 1.53 bits per heavy atom. The summed E-state index contributed by atoms with van der Waals surface area (Å²) in [4.78, 5) is 15.9. The van der Waals surface area contributed by atoms with Crippen LogP contribution >= 0.6 is 0 Å². The lowest BCUT2D eigenvalue weighted by Gasteiger charge is -2.21. The summed E-state index contributed by atoms with van der Waals surface area (Å²) < 4.78 is 5.27. The van der Waals surface area contributed by atoms with Crippen LogP contribution in [0, 0.1) is 12.8 Å². The zero-order valence-electron chi connectivity index (χ0n) is 10.1. The lowest BCUT2D eigenvalue weighted by atomic mass is 9.96. The van der Waals surface area contributed by atoms with Crippen LogP contribution in [0.15, 0.2) is 18.3 Å². The Hall–Kier alpha value is -1.42. The molecule has 0 unspecified atom stereocenters. The summed E-state index contributed by atoms with van der Waals surface area (Å²) >= 11 is 0. The van der Waals surface area contributed by atoms with Crippen molar-refractivity contribution in [3.8, 4) is 0 Å². The van der Waals surface area contributed by atoms with Crippen LogP contribution in [-0.4, -0.2) is 24.1 Å². The monoisotopic (exact) mass is 234 g/mol. The molecule has 0 atom stereocenters. The third-order valence-electron chi connectivity index (χ3n) is 3.00. The van der Waals surface area contributed by atoms with E-state index in [9.17, 15) is 4.79 Å². The van der Waals surface area contributed by atoms with Gasteiger partial charge in [0, 0.05) is 25.8 Å². The third kappa shape index (κ3) is 3.82. The molecule has 1 amide bonds. The summed E-state index contributed by atoms with van der Waals surface area (Å²) in [5.41, 5.74) is 1.10. The summed E-state index contributed by atoms with van der Waals surface area (Å²) in [7, 11) is 0. The number of nitrogens with one attached hydrogen (secondary N) is 1. The molecule has 4 nitrogen and oxygen atoms in total. The Bertz CT molecular complexity index is 387. The van der Waals surface area contributed by atoms with Gasteiger partial charge in [-0.25, -0.2) is 4.98 Å². The highest BCUT2D eigenvalue weighted by atomic mass is 16.5. The predicted octanol–water partition coefficient (Wildman–Crippen LogP) is 2.15. The van der Waals surface area contributed by atoms with Gasteiger partial charge < -0.3 is 10.1 Å². The van der Waals surface area contributed by atoms with Gasteiger partial charge in [0.15, 0.2) is 0 Å². The van der Waals surface area contributed by atoms with Crippen LogP contribution in [0.5, 0.6) is 0 Å². The molecule has 17 heavy (non-hydrogen) atoms. The van der Waals surface area contributed by atoms with E-state index in [1.54, 1.807) is 6.20 Å². The number of carbonyl (C=O) groups is 1. The van der Waals surface area contributed by atoms with Gasteiger partial charge in [0.25, 0.3) is 0 Å². The molecule has 0 aromatic carbocycles. The summed E-state index contributed by atoms with van der Waals surface area (Å²) in [6.45, 7) is 3.54. The molecule has 0 saturated carbocycles. The van der Waals surface area contributed by atoms with Crippen LogP contribution in [0.25, 0.3) is 0 Å². The fourth-order valence-electron chi connectivity index (χ4n) is 2.01. The molecule has 0 spiro atoms. The van der Waals surface area contributed by atoms with Gasteiger partial charge in [0.05, 0.1) is 0 Å². The van der Waals surface area contributed by atoms with Crippen molar-refractivity contribution in [2.75, 3.05) is 18.5 Å². The Morgan fingerprint density at radius 3 is 3.00 bits per heavy atom. The van der Waals surface area contributed by atoms with Crippen molar-refractivity contribution in [1.82, 2.24) is 4.98 Å². The lowest BCUT2D eigenvalue weighted by Crippen LogP contribution is -2.22. The number of hydrogen-bond donors (Lipinski definition) is 1. The Kier molecular flexibility index (Phi) is 4.09. The number of carbonyl (C=O) groups excluding carboxylic acids is 1. The van der Waals surface area contributed by atoms with Gasteiger partial charge in [-0.2, -0.15) is 0 Å². The minimum Gasteiger partial charge on any atom is -0.381 e. The van der Waals surface area contributed by atoms with Crippen LogP contribution in [0.2, 0.25) is 0 Å². The Labute approximate surface area is 101 Å². The average Bonchev–Trinajstić information content (AvgIpc) is 2.30. The highest BCUT2D eigenvalue weighted by Crippen LogP contribution is 2.19. The molecule has 1 aromatic heterocycles. The van der Waals surface area contributed by atoms with Gasteiger partial charge in [-0.15, -0.1) is 0 Å². The molecule has 2 heterocycles. The van der Waals surface area contributed by atoms with Gasteiger partial charge in [-0.3, -0.25) is 4.79 Å². The first-order valence-corrected chi connectivity index (χ1v) is 6.04. The zero-order chi connectivity index (χ0) is 12.1. The molecule has 0 radical (unpaired) electrons. The largest absolute Gasteiger partial charge is 0.381 e. The first-order valence-electron chi connectivity index (χ1n) is 6.04. The van der Waals surface area contributed by atoms with E-state index in [1.807, 2.05) is 19.1 Å². The number of nitrogens with zero attached hydrogens (tertiary/aromatic N) is 1. The van der Waals surface area contributed by atoms with Gasteiger partial charge in [0.2, 0.25) is 5.91 Å². The van der Waals surface area contributed by atoms with E-state index >= 15 is 0 Å². The normalized spacial score (nSPS) is 16.8. The number of rotatable bonds is 3. The number of aromatic nitrogens is 1. The highest BCUT2D eigenvalue weighted by molar-refractivity contribution is 5.89. The number of amides is 1. The van der Waals surface area contributed by atoms with Crippen molar-refractivity contribution in [1.29, 1.82) is 0 Å². The summed E-state index contributed by atoms with van der Waals surface area (Å²) in [5, 5.41) is 2.84. The fourth-order valence-corrected chi connectivity index (χ4v) is 2.01. The molecule has 4 heteroatoms. The molecule has 1 aliphatic rings. The quantitative estimate of drug-likeness (QED) is 0.871. The second kappa shape index (κ2) is 5.77. The molecule has 1 N–H and O–H groups in total. The minimum atomic E-state index is 0.0509. The van der Waals surface area contributed by atoms with E-state index in [1.165, 1.54) is 0 Å². The highest BCUT2D eigenvalue weighted by Gasteiger charge is 2.17. The third-order valence-corrected chi connectivity index (χ3v) is 3.00. The molecule has 2 rings (SSSR count). The van der Waals surface area contributed by atoms with Crippen molar-refractivity contribution in [3.63, 3.8) is 0 Å². The number of ether oxygens (including phenoxy) is 1. The molecule has 1 aromatic rings. The Morgan fingerprint density at radius 2 is 2.29 bits per heavy atom. The van der Waals surface area contributed by atoms with Gasteiger partial charge >= 0.3 is 0 Å². The molecule has 0 bridgehead atoms. The lowest BCUT2D eigenvalue weighted by molar-refractivity contribution is -0.117. The van der Waals surface area contributed by atoms with E-state index in [2.05, 4.69) is 10.3 Å². The van der Waals surface area contributed by atoms with E-state index in [0.29, 0.717) is 18.2 Å². The Balaban J connectivity index is 1.84. The molecule has 1 saturated heterocycles. The summed E-state index contributed by atoms with van der Waals surface area (Å²) in [6.07, 6.45) is 4.24. The van der Waals surface area contributed by atoms with Crippen LogP contribution in [0.3, 0.4) is 0 Å². The van der Waals surface area contributed by atoms with E-state index in [-0.39, 0.29) is 5.91 Å². The van der Waals surface area contributed by atoms with Crippen LogP contribution in [-0.2, 0) is 9.53 Å². The second-order valence-corrected chi connectivity index (χ2v) is 4.53. The van der Waals surface area contributed by atoms with Crippen molar-refractivity contribution >= 4 is 11.7 Å². The van der Waals surface area contributed by atoms with E-state index in [0.717, 1.165) is 31.6 Å². The van der Waals surface area contributed by atoms with Crippen molar-refractivity contribution in [3.05, 3.63) is 23.9 Å². The molecule has 1 fully saturated rings. The average molecular weight is 234 g/mol. The standard InChI is InChI=1S/C13H18N2O2/c1-10-2-5-14-12(8-10)15-13(16)9-11-3-6-17-7-4-11/h2,5,8,11H,3-4,6-7,9H2,1H3,(H,14,15,16). The van der Waals surface area contributed by atoms with Gasteiger partial charge in [0.1, 0.15) is 5.82 Å². The predicted molar refractivity (Wildman–Crippen MR) is 65.8 cm³/mol. The minimum absolute atomic E-state index is 0.0509.